The molecule has 6 nitrogen and oxygen atoms in total. The lowest BCUT2D eigenvalue weighted by Crippen LogP contribution is -2.40. The van der Waals surface area contributed by atoms with Gasteiger partial charge in [0.1, 0.15) is 11.5 Å². The first-order valence-electron chi connectivity index (χ1n) is 11.3. The van der Waals surface area contributed by atoms with Gasteiger partial charge in [-0.1, -0.05) is 0 Å². The molecule has 0 N–H and O–H groups in total. The molecule has 3 atom stereocenters. The second-order valence-electron chi connectivity index (χ2n) is 9.45. The Bertz CT molecular complexity index is 837. The highest BCUT2D eigenvalue weighted by molar-refractivity contribution is 5.70. The Balaban J connectivity index is 1.45. The van der Waals surface area contributed by atoms with Crippen molar-refractivity contribution in [1.29, 1.82) is 0 Å². The lowest BCUT2D eigenvalue weighted by atomic mass is 9.92. The number of carbonyl (C=O) groups is 1. The largest absolute Gasteiger partial charge is 0.469 e. The molecule has 1 saturated carbocycles. The molecule has 1 aromatic heterocycles. The number of anilines is 2. The van der Waals surface area contributed by atoms with E-state index in [1.54, 1.807) is 0 Å². The van der Waals surface area contributed by atoms with Crippen LogP contribution < -0.4 is 9.80 Å². The molecular formula is C22H30F2N4O2. The molecular weight excluding hydrogens is 390 g/mol. The molecule has 4 aliphatic rings. The number of hydrogen-bond donors (Lipinski definition) is 0. The van der Waals surface area contributed by atoms with E-state index in [1.807, 2.05) is 0 Å². The lowest BCUT2D eigenvalue weighted by molar-refractivity contribution is -0.141. The average molecular weight is 421 g/mol. The van der Waals surface area contributed by atoms with Crippen molar-refractivity contribution in [3.05, 3.63) is 11.3 Å². The van der Waals surface area contributed by atoms with Gasteiger partial charge in [-0.25, -0.2) is 4.98 Å². The fourth-order valence-electron chi connectivity index (χ4n) is 5.79. The average Bonchev–Trinajstić information content (AvgIpc) is 3.16. The first-order chi connectivity index (χ1) is 14.4. The van der Waals surface area contributed by atoms with Crippen molar-refractivity contribution in [3.63, 3.8) is 0 Å². The van der Waals surface area contributed by atoms with Gasteiger partial charge in [-0.2, -0.15) is 13.8 Å². The third-order valence-electron chi connectivity index (χ3n) is 7.60. The van der Waals surface area contributed by atoms with Crippen LogP contribution in [0.4, 0.5) is 20.5 Å². The van der Waals surface area contributed by atoms with E-state index in [4.69, 9.17) is 9.72 Å². The van der Waals surface area contributed by atoms with Crippen LogP contribution in [0.15, 0.2) is 0 Å². The number of carbonyl (C=O) groups excluding carboxylic acids is 1. The van der Waals surface area contributed by atoms with Gasteiger partial charge in [0.25, 0.3) is 5.92 Å². The maximum Gasteiger partial charge on any atom is 0.305 e. The maximum atomic E-state index is 14.9. The third kappa shape index (κ3) is 3.32. The predicted molar refractivity (Wildman–Crippen MR) is 109 cm³/mol. The van der Waals surface area contributed by atoms with E-state index in [-0.39, 0.29) is 24.1 Å². The van der Waals surface area contributed by atoms with Crippen LogP contribution in [-0.4, -0.2) is 48.7 Å². The Hall–Kier alpha value is -1.99. The summed E-state index contributed by atoms with van der Waals surface area (Å²) in [6, 6.07) is 0.262. The highest BCUT2D eigenvalue weighted by Crippen LogP contribution is 2.55. The van der Waals surface area contributed by atoms with Gasteiger partial charge in [0, 0.05) is 44.1 Å². The molecule has 2 aliphatic carbocycles. The van der Waals surface area contributed by atoms with Crippen LogP contribution in [-0.2, 0) is 21.9 Å². The van der Waals surface area contributed by atoms with Crippen molar-refractivity contribution >= 4 is 17.7 Å². The third-order valence-corrected chi connectivity index (χ3v) is 7.60. The first kappa shape index (κ1) is 19.9. The number of esters is 1. The van der Waals surface area contributed by atoms with Crippen molar-refractivity contribution in [2.45, 2.75) is 63.8 Å². The Morgan fingerprint density at radius 2 is 1.97 bits per heavy atom. The molecule has 0 radical (unpaired) electrons. The number of piperidine rings is 2. The minimum atomic E-state index is -2.89. The highest BCUT2D eigenvalue weighted by Gasteiger charge is 2.57. The molecule has 8 heteroatoms. The number of aromatic nitrogens is 2. The van der Waals surface area contributed by atoms with Gasteiger partial charge in [0.15, 0.2) is 0 Å². The fourth-order valence-corrected chi connectivity index (χ4v) is 5.79. The number of fused-ring (bicyclic) bond motifs is 2. The highest BCUT2D eigenvalue weighted by atomic mass is 19.3. The summed E-state index contributed by atoms with van der Waals surface area (Å²) in [4.78, 5) is 25.2. The summed E-state index contributed by atoms with van der Waals surface area (Å²) in [5, 5.41) is 0. The number of ether oxygens (including phenoxy) is 1. The van der Waals surface area contributed by atoms with E-state index >= 15 is 0 Å². The van der Waals surface area contributed by atoms with E-state index < -0.39 is 5.92 Å². The molecule has 5 rings (SSSR count). The number of hydrogen-bond acceptors (Lipinski definition) is 6. The number of alkyl halides is 2. The number of halogens is 2. The standard InChI is InChI=1S/C22H30F2N4O2/c1-13-6-3-4-9-28(13)21-25-19-14(7-5-8-22(19,23)24)20(26-21)27-11-16-15(17(16)12-27)10-18(29)30-2/h13,15-17H,3-12H2,1-2H3/t13-,15?,16?,17?/m0/s1. The molecule has 2 aliphatic heterocycles. The van der Waals surface area contributed by atoms with E-state index in [1.165, 1.54) is 7.11 Å². The Labute approximate surface area is 176 Å². The van der Waals surface area contributed by atoms with Crippen LogP contribution >= 0.6 is 0 Å². The van der Waals surface area contributed by atoms with Crippen LogP contribution in [0.1, 0.15) is 56.7 Å². The van der Waals surface area contributed by atoms with E-state index in [0.29, 0.717) is 54.3 Å². The zero-order valence-electron chi connectivity index (χ0n) is 17.7. The molecule has 2 unspecified atom stereocenters. The van der Waals surface area contributed by atoms with Crippen molar-refractivity contribution in [3.8, 4) is 0 Å². The summed E-state index contributed by atoms with van der Waals surface area (Å²) >= 11 is 0. The molecule has 0 aromatic carbocycles. The fraction of sp³-hybridized carbons (Fsp3) is 0.773. The summed E-state index contributed by atoms with van der Waals surface area (Å²) in [7, 11) is 1.42. The maximum absolute atomic E-state index is 14.9. The topological polar surface area (TPSA) is 58.6 Å². The summed E-state index contributed by atoms with van der Waals surface area (Å²) < 4.78 is 34.5. The minimum absolute atomic E-state index is 0.0572. The zero-order valence-corrected chi connectivity index (χ0v) is 17.7. The van der Waals surface area contributed by atoms with Gasteiger partial charge in [0.05, 0.1) is 7.11 Å². The van der Waals surface area contributed by atoms with Crippen molar-refractivity contribution in [1.82, 2.24) is 9.97 Å². The van der Waals surface area contributed by atoms with Gasteiger partial charge >= 0.3 is 5.97 Å². The van der Waals surface area contributed by atoms with Gasteiger partial charge < -0.3 is 14.5 Å². The van der Waals surface area contributed by atoms with E-state index in [2.05, 4.69) is 21.7 Å². The molecule has 1 aromatic rings. The van der Waals surface area contributed by atoms with Crippen LogP contribution in [0.2, 0.25) is 0 Å². The minimum Gasteiger partial charge on any atom is -0.469 e. The Kier molecular flexibility index (Phi) is 4.86. The smallest absolute Gasteiger partial charge is 0.305 e. The predicted octanol–water partition coefficient (Wildman–Crippen LogP) is 3.53. The lowest BCUT2D eigenvalue weighted by Gasteiger charge is -2.36. The molecule has 2 saturated heterocycles. The molecule has 0 spiro atoms. The first-order valence-corrected chi connectivity index (χ1v) is 11.3. The molecule has 3 fully saturated rings. The normalized spacial score (nSPS) is 31.9. The van der Waals surface area contributed by atoms with Crippen molar-refractivity contribution in [2.75, 3.05) is 36.5 Å². The van der Waals surface area contributed by atoms with Crippen LogP contribution in [0.25, 0.3) is 0 Å². The summed E-state index contributed by atoms with van der Waals surface area (Å²) in [6.45, 7) is 4.49. The summed E-state index contributed by atoms with van der Waals surface area (Å²) in [6.07, 6.45) is 4.61. The summed E-state index contributed by atoms with van der Waals surface area (Å²) in [5.41, 5.74) is 0.573. The molecule has 0 amide bonds. The Morgan fingerprint density at radius 3 is 2.67 bits per heavy atom. The van der Waals surface area contributed by atoms with Crippen LogP contribution in [0.5, 0.6) is 0 Å². The van der Waals surface area contributed by atoms with Gasteiger partial charge in [0.2, 0.25) is 5.95 Å². The second-order valence-corrected chi connectivity index (χ2v) is 9.45. The molecule has 0 bridgehead atoms. The monoisotopic (exact) mass is 420 g/mol. The van der Waals surface area contributed by atoms with Crippen LogP contribution in [0.3, 0.4) is 0 Å². The van der Waals surface area contributed by atoms with Crippen molar-refractivity contribution in [2.24, 2.45) is 17.8 Å². The number of methoxy groups -OCH3 is 1. The molecule has 30 heavy (non-hydrogen) atoms. The van der Waals surface area contributed by atoms with Gasteiger partial charge in [-0.15, -0.1) is 0 Å². The zero-order chi connectivity index (χ0) is 21.0. The second kappa shape index (κ2) is 7.31. The van der Waals surface area contributed by atoms with Gasteiger partial charge in [-0.3, -0.25) is 4.79 Å². The Morgan fingerprint density at radius 1 is 1.20 bits per heavy atom. The SMILES string of the molecule is COC(=O)CC1C2CN(c3nc(N4CCCC[C@@H]4C)nc4c3CCCC4(F)F)CC12. The quantitative estimate of drug-likeness (QED) is 0.695. The molecule has 164 valence electrons. The van der Waals surface area contributed by atoms with Crippen molar-refractivity contribution < 1.29 is 18.3 Å². The van der Waals surface area contributed by atoms with Gasteiger partial charge in [-0.05, 0) is 56.8 Å². The summed E-state index contributed by atoms with van der Waals surface area (Å²) in [5.74, 6) is -0.682. The number of rotatable bonds is 4. The number of nitrogens with zero attached hydrogens (tertiary/aromatic N) is 4. The van der Waals surface area contributed by atoms with E-state index in [0.717, 1.165) is 38.9 Å². The molecule has 3 heterocycles. The van der Waals surface area contributed by atoms with Crippen LogP contribution in [0, 0.1) is 17.8 Å². The van der Waals surface area contributed by atoms with E-state index in [9.17, 15) is 13.6 Å².